The zero-order valence-corrected chi connectivity index (χ0v) is 10.2. The molecule has 0 aliphatic heterocycles. The molecule has 0 aliphatic carbocycles. The van der Waals surface area contributed by atoms with Gasteiger partial charge in [-0.05, 0) is 12.1 Å². The number of ether oxygens (including phenoxy) is 2. The minimum absolute atomic E-state index is 0.0925. The van der Waals surface area contributed by atoms with Gasteiger partial charge >= 0.3 is 5.97 Å². The molecular formula is C13H12N2O4. The maximum absolute atomic E-state index is 10.6. The topological polar surface area (TPSA) is 81.5 Å². The molecule has 2 rings (SSSR count). The first kappa shape index (κ1) is 12.8. The second kappa shape index (κ2) is 5.81. The standard InChI is InChI=1S/C13H12N2O4/c1-18-10-3-2-4-11(5-10)19-8-9-6-15-12(7-14-9)13(16)17/h2-7H,8H2,1H3,(H,16,17). The quantitative estimate of drug-likeness (QED) is 0.882. The number of methoxy groups -OCH3 is 1. The highest BCUT2D eigenvalue weighted by Gasteiger charge is 2.05. The first-order valence-corrected chi connectivity index (χ1v) is 5.50. The second-order valence-electron chi connectivity index (χ2n) is 3.67. The predicted molar refractivity (Wildman–Crippen MR) is 66.3 cm³/mol. The monoisotopic (exact) mass is 260 g/mol. The third-order valence-corrected chi connectivity index (χ3v) is 2.35. The SMILES string of the molecule is COc1cccc(OCc2cnc(C(=O)O)cn2)c1. The van der Waals surface area contributed by atoms with Crippen molar-refractivity contribution in [2.24, 2.45) is 0 Å². The summed E-state index contributed by atoms with van der Waals surface area (Å²) in [6.07, 6.45) is 2.58. The van der Waals surface area contributed by atoms with Crippen LogP contribution in [-0.4, -0.2) is 28.2 Å². The van der Waals surface area contributed by atoms with Crippen molar-refractivity contribution < 1.29 is 19.4 Å². The van der Waals surface area contributed by atoms with Crippen LogP contribution < -0.4 is 9.47 Å². The van der Waals surface area contributed by atoms with E-state index in [4.69, 9.17) is 14.6 Å². The van der Waals surface area contributed by atoms with E-state index in [1.54, 1.807) is 19.2 Å². The molecule has 0 radical (unpaired) electrons. The summed E-state index contributed by atoms with van der Waals surface area (Å²) < 4.78 is 10.6. The van der Waals surface area contributed by atoms with Crippen LogP contribution in [0.3, 0.4) is 0 Å². The maximum Gasteiger partial charge on any atom is 0.356 e. The summed E-state index contributed by atoms with van der Waals surface area (Å²) in [6, 6.07) is 7.17. The zero-order chi connectivity index (χ0) is 13.7. The summed E-state index contributed by atoms with van der Waals surface area (Å²) in [5.74, 6) is 0.237. The van der Waals surface area contributed by atoms with Gasteiger partial charge in [-0.2, -0.15) is 0 Å². The number of nitrogens with zero attached hydrogens (tertiary/aromatic N) is 2. The first-order chi connectivity index (χ1) is 9.19. The van der Waals surface area contributed by atoms with Crippen LogP contribution in [0.5, 0.6) is 11.5 Å². The molecule has 0 atom stereocenters. The van der Waals surface area contributed by atoms with Crippen molar-refractivity contribution in [3.8, 4) is 11.5 Å². The van der Waals surface area contributed by atoms with E-state index < -0.39 is 5.97 Å². The molecule has 1 N–H and O–H groups in total. The van der Waals surface area contributed by atoms with Crippen LogP contribution in [0.2, 0.25) is 0 Å². The third kappa shape index (κ3) is 3.41. The second-order valence-corrected chi connectivity index (χ2v) is 3.67. The van der Waals surface area contributed by atoms with Crippen molar-refractivity contribution >= 4 is 5.97 Å². The lowest BCUT2D eigenvalue weighted by atomic mass is 10.3. The van der Waals surface area contributed by atoms with Crippen molar-refractivity contribution in [2.45, 2.75) is 6.61 Å². The van der Waals surface area contributed by atoms with E-state index in [-0.39, 0.29) is 12.3 Å². The summed E-state index contributed by atoms with van der Waals surface area (Å²) in [5, 5.41) is 8.69. The van der Waals surface area contributed by atoms with Crippen LogP contribution in [0.1, 0.15) is 16.2 Å². The van der Waals surface area contributed by atoms with Gasteiger partial charge < -0.3 is 14.6 Å². The molecule has 19 heavy (non-hydrogen) atoms. The lowest BCUT2D eigenvalue weighted by molar-refractivity contribution is 0.0689. The molecule has 0 bridgehead atoms. The molecule has 98 valence electrons. The first-order valence-electron chi connectivity index (χ1n) is 5.50. The molecule has 2 aromatic rings. The molecule has 0 saturated heterocycles. The Morgan fingerprint density at radius 2 is 2.05 bits per heavy atom. The number of aromatic carboxylic acids is 1. The fourth-order valence-corrected chi connectivity index (χ4v) is 1.39. The van der Waals surface area contributed by atoms with Crippen molar-refractivity contribution in [3.63, 3.8) is 0 Å². The Bertz CT molecular complexity index is 569. The van der Waals surface area contributed by atoms with E-state index in [1.165, 1.54) is 12.4 Å². The average molecular weight is 260 g/mol. The number of hydrogen-bond acceptors (Lipinski definition) is 5. The lowest BCUT2D eigenvalue weighted by Crippen LogP contribution is -2.04. The molecule has 0 unspecified atom stereocenters. The van der Waals surface area contributed by atoms with Crippen LogP contribution in [0.15, 0.2) is 36.7 Å². The van der Waals surface area contributed by atoms with Crippen LogP contribution in [0, 0.1) is 0 Å². The minimum atomic E-state index is -1.10. The Hall–Kier alpha value is -2.63. The number of benzene rings is 1. The van der Waals surface area contributed by atoms with Crippen LogP contribution in [-0.2, 0) is 6.61 Å². The highest BCUT2D eigenvalue weighted by Crippen LogP contribution is 2.19. The summed E-state index contributed by atoms with van der Waals surface area (Å²) in [7, 11) is 1.58. The molecular weight excluding hydrogens is 248 g/mol. The van der Waals surface area contributed by atoms with Gasteiger partial charge in [-0.3, -0.25) is 4.98 Å². The smallest absolute Gasteiger partial charge is 0.356 e. The summed E-state index contributed by atoms with van der Waals surface area (Å²) in [6.45, 7) is 0.208. The Morgan fingerprint density at radius 3 is 2.68 bits per heavy atom. The fourth-order valence-electron chi connectivity index (χ4n) is 1.39. The van der Waals surface area contributed by atoms with Gasteiger partial charge in [0, 0.05) is 6.07 Å². The largest absolute Gasteiger partial charge is 0.497 e. The third-order valence-electron chi connectivity index (χ3n) is 2.35. The minimum Gasteiger partial charge on any atom is -0.497 e. The molecule has 1 aromatic carbocycles. The van der Waals surface area contributed by atoms with E-state index in [1.807, 2.05) is 12.1 Å². The highest BCUT2D eigenvalue weighted by atomic mass is 16.5. The van der Waals surface area contributed by atoms with Gasteiger partial charge in [0.15, 0.2) is 5.69 Å². The van der Waals surface area contributed by atoms with Crippen molar-refractivity contribution in [1.29, 1.82) is 0 Å². The number of carbonyl (C=O) groups is 1. The fraction of sp³-hybridized carbons (Fsp3) is 0.154. The van der Waals surface area contributed by atoms with E-state index in [0.29, 0.717) is 17.2 Å². The Kier molecular flexibility index (Phi) is 3.92. The van der Waals surface area contributed by atoms with Gasteiger partial charge in [-0.1, -0.05) is 6.07 Å². The number of hydrogen-bond donors (Lipinski definition) is 1. The number of aromatic nitrogens is 2. The zero-order valence-electron chi connectivity index (χ0n) is 10.2. The molecule has 6 nitrogen and oxygen atoms in total. The summed E-state index contributed by atoms with van der Waals surface area (Å²) >= 11 is 0. The Morgan fingerprint density at radius 1 is 1.26 bits per heavy atom. The van der Waals surface area contributed by atoms with Crippen LogP contribution in [0.4, 0.5) is 0 Å². The number of rotatable bonds is 5. The van der Waals surface area contributed by atoms with E-state index in [9.17, 15) is 4.79 Å². The van der Waals surface area contributed by atoms with Gasteiger partial charge in [0.05, 0.1) is 25.2 Å². The maximum atomic E-state index is 10.6. The Balaban J connectivity index is 1.99. The van der Waals surface area contributed by atoms with Crippen LogP contribution in [0.25, 0.3) is 0 Å². The van der Waals surface area contributed by atoms with Gasteiger partial charge in [0.2, 0.25) is 0 Å². The van der Waals surface area contributed by atoms with E-state index in [0.717, 1.165) is 0 Å². The molecule has 1 heterocycles. The number of carboxylic acids is 1. The molecule has 0 amide bonds. The lowest BCUT2D eigenvalue weighted by Gasteiger charge is -2.07. The van der Waals surface area contributed by atoms with E-state index in [2.05, 4.69) is 9.97 Å². The Labute approximate surface area is 109 Å². The van der Waals surface area contributed by atoms with Crippen molar-refractivity contribution in [2.75, 3.05) is 7.11 Å². The predicted octanol–water partition coefficient (Wildman–Crippen LogP) is 1.76. The highest BCUT2D eigenvalue weighted by molar-refractivity contribution is 5.84. The van der Waals surface area contributed by atoms with Crippen molar-refractivity contribution in [3.05, 3.63) is 48.0 Å². The van der Waals surface area contributed by atoms with Crippen LogP contribution >= 0.6 is 0 Å². The normalized spacial score (nSPS) is 9.95. The molecule has 0 fully saturated rings. The average Bonchev–Trinajstić information content (AvgIpc) is 2.46. The molecule has 0 aliphatic rings. The van der Waals surface area contributed by atoms with Crippen molar-refractivity contribution in [1.82, 2.24) is 9.97 Å². The van der Waals surface area contributed by atoms with Gasteiger partial charge in [-0.25, -0.2) is 9.78 Å². The summed E-state index contributed by atoms with van der Waals surface area (Å²) in [5.41, 5.74) is 0.456. The number of carboxylic acid groups (broad SMARTS) is 1. The summed E-state index contributed by atoms with van der Waals surface area (Å²) in [4.78, 5) is 18.3. The molecule has 1 aromatic heterocycles. The van der Waals surface area contributed by atoms with Gasteiger partial charge in [0.25, 0.3) is 0 Å². The molecule has 0 saturated carbocycles. The van der Waals surface area contributed by atoms with Gasteiger partial charge in [-0.15, -0.1) is 0 Å². The molecule has 0 spiro atoms. The van der Waals surface area contributed by atoms with Gasteiger partial charge in [0.1, 0.15) is 18.1 Å². The van der Waals surface area contributed by atoms with E-state index >= 15 is 0 Å². The molecule has 6 heteroatoms.